The van der Waals surface area contributed by atoms with Gasteiger partial charge in [-0.1, -0.05) is 63.1 Å². The summed E-state index contributed by atoms with van der Waals surface area (Å²) in [6.45, 7) is 3.78. The van der Waals surface area contributed by atoms with E-state index in [1.54, 1.807) is 19.1 Å². The average molecular weight is 448 g/mol. The fourth-order valence-corrected chi connectivity index (χ4v) is 3.90. The van der Waals surface area contributed by atoms with Crippen LogP contribution in [0.5, 0.6) is 5.75 Å². The predicted octanol–water partition coefficient (Wildman–Crippen LogP) is 8.32. The first-order chi connectivity index (χ1) is 15.2. The quantitative estimate of drug-likeness (QED) is 0.285. The van der Waals surface area contributed by atoms with E-state index in [2.05, 4.69) is 6.92 Å². The Morgan fingerprint density at radius 1 is 0.750 bits per heavy atom. The van der Waals surface area contributed by atoms with Crippen LogP contribution in [0.3, 0.4) is 0 Å². The molecule has 32 heavy (non-hydrogen) atoms. The van der Waals surface area contributed by atoms with Crippen LogP contribution in [0.25, 0.3) is 22.3 Å². The van der Waals surface area contributed by atoms with Gasteiger partial charge in [0.25, 0.3) is 0 Å². The van der Waals surface area contributed by atoms with Crippen LogP contribution < -0.4 is 0 Å². The zero-order chi connectivity index (χ0) is 23.5. The van der Waals surface area contributed by atoms with Gasteiger partial charge in [0.15, 0.2) is 11.6 Å². The van der Waals surface area contributed by atoms with Crippen LogP contribution in [0, 0.1) is 11.6 Å². The predicted molar refractivity (Wildman–Crippen MR) is 117 cm³/mol. The molecule has 0 aromatic heterocycles. The molecule has 0 aliphatic carbocycles. The Hall–Kier alpha value is -2.89. The molecule has 0 fully saturated rings. The largest absolute Gasteiger partial charge is 0.504 e. The second-order valence-electron chi connectivity index (χ2n) is 7.79. The lowest BCUT2D eigenvalue weighted by Gasteiger charge is -2.19. The van der Waals surface area contributed by atoms with Crippen molar-refractivity contribution in [1.29, 1.82) is 0 Å². The highest BCUT2D eigenvalue weighted by atomic mass is 19.4. The third-order valence-corrected chi connectivity index (χ3v) is 5.62. The molecule has 0 atom stereocenters. The van der Waals surface area contributed by atoms with Crippen molar-refractivity contribution >= 4 is 0 Å². The highest BCUT2D eigenvalue weighted by Crippen LogP contribution is 2.45. The second kappa shape index (κ2) is 9.72. The molecule has 0 saturated carbocycles. The normalized spacial score (nSPS) is 11.7. The zero-order valence-corrected chi connectivity index (χ0v) is 18.0. The molecule has 3 aromatic carbocycles. The lowest BCUT2D eigenvalue weighted by molar-refractivity contribution is -0.137. The second-order valence-corrected chi connectivity index (χ2v) is 7.79. The number of halogens is 5. The SMILES string of the molecule is CCCCCc1ccc(-c2c(CC)c(F)c(F)c(O)c2-c2ccc(C(F)(F)F)cc2)cc1. The number of alkyl halides is 3. The highest BCUT2D eigenvalue weighted by Gasteiger charge is 2.31. The molecule has 3 rings (SSSR count). The molecule has 170 valence electrons. The fraction of sp³-hybridized carbons (Fsp3) is 0.308. The van der Waals surface area contributed by atoms with Gasteiger partial charge < -0.3 is 5.11 Å². The Balaban J connectivity index is 2.17. The summed E-state index contributed by atoms with van der Waals surface area (Å²) in [6.07, 6.45) is -0.244. The fourth-order valence-electron chi connectivity index (χ4n) is 3.90. The van der Waals surface area contributed by atoms with Crippen LogP contribution in [0.4, 0.5) is 22.0 Å². The van der Waals surface area contributed by atoms with Gasteiger partial charge in [-0.25, -0.2) is 4.39 Å². The highest BCUT2D eigenvalue weighted by molar-refractivity contribution is 5.90. The van der Waals surface area contributed by atoms with Gasteiger partial charge in [0, 0.05) is 5.56 Å². The van der Waals surface area contributed by atoms with E-state index in [1.165, 1.54) is 0 Å². The van der Waals surface area contributed by atoms with Crippen LogP contribution in [0.2, 0.25) is 0 Å². The van der Waals surface area contributed by atoms with Gasteiger partial charge in [0.05, 0.1) is 5.56 Å². The third kappa shape index (κ3) is 4.79. The van der Waals surface area contributed by atoms with Crippen molar-refractivity contribution in [1.82, 2.24) is 0 Å². The molecule has 0 radical (unpaired) electrons. The van der Waals surface area contributed by atoms with Crippen LogP contribution in [0.1, 0.15) is 49.8 Å². The molecule has 1 N–H and O–H groups in total. The summed E-state index contributed by atoms with van der Waals surface area (Å²) in [5.41, 5.74) is 1.29. The molecule has 0 bridgehead atoms. The molecule has 0 aliphatic rings. The Bertz CT molecular complexity index is 1070. The molecule has 3 aromatic rings. The minimum Gasteiger partial charge on any atom is -0.504 e. The standard InChI is InChI=1S/C26H25F5O/c1-3-5-6-7-16-8-10-17(11-9-16)21-20(4-2)23(27)24(28)25(32)22(21)18-12-14-19(15-13-18)26(29,30)31/h8-15,32H,3-7H2,1-2H3. The first-order valence-corrected chi connectivity index (χ1v) is 10.7. The van der Waals surface area contributed by atoms with E-state index in [-0.39, 0.29) is 28.7 Å². The van der Waals surface area contributed by atoms with Crippen molar-refractivity contribution in [2.75, 3.05) is 0 Å². The van der Waals surface area contributed by atoms with E-state index in [4.69, 9.17) is 0 Å². The van der Waals surface area contributed by atoms with Gasteiger partial charge in [0.2, 0.25) is 5.82 Å². The maximum Gasteiger partial charge on any atom is 0.416 e. The molecule has 0 saturated heterocycles. The lowest BCUT2D eigenvalue weighted by atomic mass is 9.87. The molecule has 1 nitrogen and oxygen atoms in total. The van der Waals surface area contributed by atoms with Crippen molar-refractivity contribution in [3.8, 4) is 28.0 Å². The number of aryl methyl sites for hydroxylation is 1. The van der Waals surface area contributed by atoms with Gasteiger partial charge in [-0.15, -0.1) is 0 Å². The van der Waals surface area contributed by atoms with E-state index >= 15 is 0 Å². The van der Waals surface area contributed by atoms with Crippen LogP contribution >= 0.6 is 0 Å². The topological polar surface area (TPSA) is 20.2 Å². The first-order valence-electron chi connectivity index (χ1n) is 10.7. The molecule has 6 heteroatoms. The van der Waals surface area contributed by atoms with Crippen molar-refractivity contribution in [2.24, 2.45) is 0 Å². The molecular formula is C26H25F5O. The number of benzene rings is 3. The number of phenols is 1. The van der Waals surface area contributed by atoms with E-state index in [9.17, 15) is 27.1 Å². The number of unbranched alkanes of at least 4 members (excludes halogenated alkanes) is 2. The number of aromatic hydroxyl groups is 1. The molecule has 0 unspecified atom stereocenters. The van der Waals surface area contributed by atoms with Crippen LogP contribution in [0.15, 0.2) is 48.5 Å². The van der Waals surface area contributed by atoms with Gasteiger partial charge in [-0.3, -0.25) is 0 Å². The molecule has 0 amide bonds. The van der Waals surface area contributed by atoms with Crippen LogP contribution in [-0.2, 0) is 19.0 Å². The lowest BCUT2D eigenvalue weighted by Crippen LogP contribution is -2.05. The van der Waals surface area contributed by atoms with Gasteiger partial charge in [-0.05, 0) is 59.2 Å². The Morgan fingerprint density at radius 3 is 1.84 bits per heavy atom. The van der Waals surface area contributed by atoms with Gasteiger partial charge in [0.1, 0.15) is 0 Å². The van der Waals surface area contributed by atoms with E-state index in [0.717, 1.165) is 55.5 Å². The van der Waals surface area contributed by atoms with Crippen molar-refractivity contribution in [3.05, 3.63) is 76.9 Å². The average Bonchev–Trinajstić information content (AvgIpc) is 2.77. The summed E-state index contributed by atoms with van der Waals surface area (Å²) in [6, 6.07) is 11.4. The summed E-state index contributed by atoms with van der Waals surface area (Å²) < 4.78 is 68.2. The number of rotatable bonds is 7. The molecule has 0 aliphatic heterocycles. The van der Waals surface area contributed by atoms with Crippen molar-refractivity contribution in [3.63, 3.8) is 0 Å². The molecule has 0 heterocycles. The molecular weight excluding hydrogens is 423 g/mol. The smallest absolute Gasteiger partial charge is 0.416 e. The summed E-state index contributed by atoms with van der Waals surface area (Å²) >= 11 is 0. The van der Waals surface area contributed by atoms with Crippen molar-refractivity contribution < 1.29 is 27.1 Å². The summed E-state index contributed by atoms with van der Waals surface area (Å²) in [4.78, 5) is 0. The van der Waals surface area contributed by atoms with Crippen LogP contribution in [-0.4, -0.2) is 5.11 Å². The third-order valence-electron chi connectivity index (χ3n) is 5.62. The van der Waals surface area contributed by atoms with Crippen molar-refractivity contribution in [2.45, 2.75) is 52.1 Å². The number of hydrogen-bond donors (Lipinski definition) is 1. The Kier molecular flexibility index (Phi) is 7.22. The minimum absolute atomic E-state index is 0.0202. The summed E-state index contributed by atoms with van der Waals surface area (Å²) in [7, 11) is 0. The van der Waals surface area contributed by atoms with E-state index < -0.39 is 29.1 Å². The summed E-state index contributed by atoms with van der Waals surface area (Å²) in [5.74, 6) is -3.47. The minimum atomic E-state index is -4.53. The monoisotopic (exact) mass is 448 g/mol. The number of hydrogen-bond acceptors (Lipinski definition) is 1. The maximum absolute atomic E-state index is 14.7. The maximum atomic E-state index is 14.7. The summed E-state index contributed by atoms with van der Waals surface area (Å²) in [5, 5.41) is 10.5. The molecule has 0 spiro atoms. The van der Waals surface area contributed by atoms with E-state index in [0.29, 0.717) is 5.56 Å². The Labute approximate surface area is 184 Å². The first kappa shape index (κ1) is 23.8. The zero-order valence-electron chi connectivity index (χ0n) is 18.0. The van der Waals surface area contributed by atoms with Gasteiger partial charge >= 0.3 is 6.18 Å². The Morgan fingerprint density at radius 2 is 1.31 bits per heavy atom. The van der Waals surface area contributed by atoms with E-state index in [1.807, 2.05) is 12.1 Å². The van der Waals surface area contributed by atoms with Gasteiger partial charge in [-0.2, -0.15) is 17.6 Å². The number of phenolic OH excluding ortho intramolecular Hbond substituents is 1.